The van der Waals surface area contributed by atoms with Crippen LogP contribution in [-0.4, -0.2) is 10.1 Å². The summed E-state index contributed by atoms with van der Waals surface area (Å²) in [4.78, 5) is 3.85. The molecule has 0 saturated heterocycles. The van der Waals surface area contributed by atoms with E-state index < -0.39 is 0 Å². The Morgan fingerprint density at radius 1 is 1.38 bits per heavy atom. The van der Waals surface area contributed by atoms with E-state index in [4.69, 9.17) is 9.15 Å². The van der Waals surface area contributed by atoms with Gasteiger partial charge in [0.2, 0.25) is 5.75 Å². The molecule has 13 heavy (non-hydrogen) atoms. The average Bonchev–Trinajstić information content (AvgIpc) is 2.54. The summed E-state index contributed by atoms with van der Waals surface area (Å²) in [5.74, 6) is 0.574. The van der Waals surface area contributed by atoms with E-state index in [1.165, 1.54) is 18.5 Å². The second-order valence-electron chi connectivity index (χ2n) is 2.38. The predicted molar refractivity (Wildman–Crippen MR) is 44.7 cm³/mol. The maximum absolute atomic E-state index is 9.17. The van der Waals surface area contributed by atoms with Crippen molar-refractivity contribution in [3.05, 3.63) is 36.9 Å². The van der Waals surface area contributed by atoms with E-state index in [0.717, 1.165) is 0 Å². The first-order valence-electron chi connectivity index (χ1n) is 3.70. The topological polar surface area (TPSA) is 55.5 Å². The molecule has 0 aliphatic heterocycles. The Morgan fingerprint density at radius 3 is 2.92 bits per heavy atom. The number of nitrogens with zero attached hydrogens (tertiary/aromatic N) is 1. The Hall–Kier alpha value is -1.97. The van der Waals surface area contributed by atoms with Crippen LogP contribution < -0.4 is 4.74 Å². The number of furan rings is 1. The molecule has 0 amide bonds. The van der Waals surface area contributed by atoms with Crippen molar-refractivity contribution in [3.63, 3.8) is 0 Å². The van der Waals surface area contributed by atoms with Gasteiger partial charge in [-0.05, 0) is 12.1 Å². The number of aromatic nitrogens is 1. The molecule has 0 saturated carbocycles. The molecule has 0 aromatic carbocycles. The fourth-order valence-electron chi connectivity index (χ4n) is 0.880. The maximum Gasteiger partial charge on any atom is 0.333 e. The van der Waals surface area contributed by atoms with E-state index >= 15 is 0 Å². The van der Waals surface area contributed by atoms with Gasteiger partial charge in [-0.3, -0.25) is 4.98 Å². The Kier molecular flexibility index (Phi) is 1.88. The van der Waals surface area contributed by atoms with Crippen LogP contribution in [0.2, 0.25) is 0 Å². The minimum atomic E-state index is -0.0242. The van der Waals surface area contributed by atoms with E-state index in [0.29, 0.717) is 5.75 Å². The van der Waals surface area contributed by atoms with Crippen molar-refractivity contribution in [2.24, 2.45) is 0 Å². The van der Waals surface area contributed by atoms with Crippen molar-refractivity contribution < 1.29 is 14.3 Å². The van der Waals surface area contributed by atoms with E-state index in [-0.39, 0.29) is 11.7 Å². The van der Waals surface area contributed by atoms with Gasteiger partial charge in [-0.1, -0.05) is 0 Å². The maximum atomic E-state index is 9.17. The van der Waals surface area contributed by atoms with Gasteiger partial charge in [-0.2, -0.15) is 0 Å². The number of aromatic hydroxyl groups is 1. The van der Waals surface area contributed by atoms with Gasteiger partial charge in [0.1, 0.15) is 5.75 Å². The quantitative estimate of drug-likeness (QED) is 0.763. The van der Waals surface area contributed by atoms with Crippen LogP contribution in [0.25, 0.3) is 0 Å². The standard InChI is InChI=1S/C9H7NO3/c11-8-3-5-12-9(8)13-7-2-1-4-10-6-7/h1-6,11H. The second kappa shape index (κ2) is 3.18. The molecule has 4 heteroatoms. The zero-order valence-corrected chi connectivity index (χ0v) is 6.68. The first kappa shape index (κ1) is 7.67. The zero-order chi connectivity index (χ0) is 9.10. The third-order valence-corrected chi connectivity index (χ3v) is 1.46. The van der Waals surface area contributed by atoms with Gasteiger partial charge in [0.05, 0.1) is 12.5 Å². The second-order valence-corrected chi connectivity index (χ2v) is 2.38. The van der Waals surface area contributed by atoms with Crippen LogP contribution >= 0.6 is 0 Å². The van der Waals surface area contributed by atoms with Crippen LogP contribution in [0, 0.1) is 0 Å². The van der Waals surface area contributed by atoms with Crippen molar-refractivity contribution in [2.75, 3.05) is 0 Å². The first-order chi connectivity index (χ1) is 6.36. The molecule has 0 aliphatic carbocycles. The van der Waals surface area contributed by atoms with Gasteiger partial charge in [0.15, 0.2) is 0 Å². The molecule has 0 bridgehead atoms. The lowest BCUT2D eigenvalue weighted by Gasteiger charge is -1.99. The van der Waals surface area contributed by atoms with Crippen LogP contribution in [0.1, 0.15) is 0 Å². The summed E-state index contributed by atoms with van der Waals surface area (Å²) in [5, 5.41) is 9.17. The lowest BCUT2D eigenvalue weighted by Crippen LogP contribution is -1.82. The molecule has 4 nitrogen and oxygen atoms in total. The Morgan fingerprint density at radius 2 is 2.31 bits per heavy atom. The van der Waals surface area contributed by atoms with Crippen molar-refractivity contribution in [1.29, 1.82) is 0 Å². The highest BCUT2D eigenvalue weighted by Crippen LogP contribution is 2.30. The molecule has 2 aromatic rings. The van der Waals surface area contributed by atoms with Crippen LogP contribution in [0.3, 0.4) is 0 Å². The highest BCUT2D eigenvalue weighted by atomic mass is 16.6. The van der Waals surface area contributed by atoms with Crippen LogP contribution in [-0.2, 0) is 0 Å². The van der Waals surface area contributed by atoms with Gasteiger partial charge in [0, 0.05) is 12.3 Å². The minimum absolute atomic E-state index is 0.0242. The largest absolute Gasteiger partial charge is 0.502 e. The van der Waals surface area contributed by atoms with Gasteiger partial charge in [-0.15, -0.1) is 0 Å². The molecule has 2 rings (SSSR count). The number of rotatable bonds is 2. The van der Waals surface area contributed by atoms with Crippen molar-refractivity contribution >= 4 is 0 Å². The monoisotopic (exact) mass is 177 g/mol. The smallest absolute Gasteiger partial charge is 0.333 e. The highest BCUT2D eigenvalue weighted by Gasteiger charge is 2.06. The summed E-state index contributed by atoms with van der Waals surface area (Å²) in [7, 11) is 0. The minimum Gasteiger partial charge on any atom is -0.502 e. The molecule has 0 unspecified atom stereocenters. The van der Waals surface area contributed by atoms with E-state index in [1.54, 1.807) is 18.3 Å². The number of ether oxygens (including phenoxy) is 1. The Bertz CT molecular complexity index is 383. The van der Waals surface area contributed by atoms with Crippen molar-refractivity contribution in [3.8, 4) is 17.4 Å². The molecule has 0 radical (unpaired) electrons. The fourth-order valence-corrected chi connectivity index (χ4v) is 0.880. The fraction of sp³-hybridized carbons (Fsp3) is 0. The number of hydrogen-bond acceptors (Lipinski definition) is 4. The summed E-state index contributed by atoms with van der Waals surface area (Å²) in [5.41, 5.74) is 0. The SMILES string of the molecule is Oc1ccoc1Oc1cccnc1. The molecule has 66 valence electrons. The molecule has 0 aliphatic rings. The zero-order valence-electron chi connectivity index (χ0n) is 6.68. The molecule has 1 N–H and O–H groups in total. The summed E-state index contributed by atoms with van der Waals surface area (Å²) in [6, 6.07) is 4.86. The normalized spacial score (nSPS) is 9.85. The Balaban J connectivity index is 2.20. The molecule has 0 spiro atoms. The number of hydrogen-bond donors (Lipinski definition) is 1. The van der Waals surface area contributed by atoms with Crippen LogP contribution in [0.15, 0.2) is 41.3 Å². The van der Waals surface area contributed by atoms with E-state index in [2.05, 4.69) is 4.98 Å². The summed E-state index contributed by atoms with van der Waals surface area (Å²) in [6.07, 6.45) is 4.51. The lowest BCUT2D eigenvalue weighted by molar-refractivity contribution is 0.319. The molecular formula is C9H7NO3. The van der Waals surface area contributed by atoms with Crippen LogP contribution in [0.4, 0.5) is 0 Å². The third-order valence-electron chi connectivity index (χ3n) is 1.46. The molecule has 2 heterocycles. The van der Waals surface area contributed by atoms with Gasteiger partial charge in [0.25, 0.3) is 0 Å². The number of pyridine rings is 1. The summed E-state index contributed by atoms with van der Waals surface area (Å²) < 4.78 is 10.0. The molecule has 0 fully saturated rings. The molecule has 2 aromatic heterocycles. The van der Waals surface area contributed by atoms with E-state index in [9.17, 15) is 5.11 Å². The van der Waals surface area contributed by atoms with Gasteiger partial charge < -0.3 is 14.3 Å². The summed E-state index contributed by atoms with van der Waals surface area (Å²) in [6.45, 7) is 0. The van der Waals surface area contributed by atoms with E-state index in [1.807, 2.05) is 0 Å². The van der Waals surface area contributed by atoms with Crippen molar-refractivity contribution in [2.45, 2.75) is 0 Å². The summed E-state index contributed by atoms with van der Waals surface area (Å²) >= 11 is 0. The highest BCUT2D eigenvalue weighted by molar-refractivity contribution is 5.32. The van der Waals surface area contributed by atoms with Crippen LogP contribution in [0.5, 0.6) is 17.4 Å². The third kappa shape index (κ3) is 1.61. The molecular weight excluding hydrogens is 170 g/mol. The average molecular weight is 177 g/mol. The van der Waals surface area contributed by atoms with Gasteiger partial charge in [-0.25, -0.2) is 0 Å². The first-order valence-corrected chi connectivity index (χ1v) is 3.70. The molecule has 0 atom stereocenters. The predicted octanol–water partition coefficient (Wildman–Crippen LogP) is 2.17. The Labute approximate surface area is 74.4 Å². The van der Waals surface area contributed by atoms with Crippen molar-refractivity contribution in [1.82, 2.24) is 4.98 Å². The lowest BCUT2D eigenvalue weighted by atomic mass is 10.5. The van der Waals surface area contributed by atoms with Gasteiger partial charge >= 0.3 is 5.95 Å².